The van der Waals surface area contributed by atoms with Gasteiger partial charge < -0.3 is 19.5 Å². The van der Waals surface area contributed by atoms with Crippen LogP contribution in [0.3, 0.4) is 0 Å². The summed E-state index contributed by atoms with van der Waals surface area (Å²) in [5.41, 5.74) is 1.09. The molecule has 37 heavy (non-hydrogen) atoms. The highest BCUT2D eigenvalue weighted by molar-refractivity contribution is 5.97. The molecule has 0 amide bonds. The average molecular weight is 516 g/mol. The van der Waals surface area contributed by atoms with Crippen molar-refractivity contribution in [3.05, 3.63) is 23.3 Å². The van der Waals surface area contributed by atoms with E-state index in [0.29, 0.717) is 30.4 Å². The van der Waals surface area contributed by atoms with Crippen molar-refractivity contribution in [3.8, 4) is 0 Å². The molecule has 3 aliphatic carbocycles. The lowest BCUT2D eigenvalue weighted by molar-refractivity contribution is -0.173. The number of fused-ring (bicyclic) bond motifs is 3. The molecule has 2 bridgehead atoms. The molecule has 1 saturated heterocycles. The number of nitrogens with one attached hydrogen (secondary N) is 1. The zero-order valence-corrected chi connectivity index (χ0v) is 23.0. The fraction of sp³-hybridized carbons (Fsp3) is 0.724. The molecular formula is C29H41NO7. The molecule has 8 nitrogen and oxygen atoms in total. The monoisotopic (exact) mass is 515 g/mol. The maximum absolute atomic E-state index is 13.3. The van der Waals surface area contributed by atoms with Gasteiger partial charge in [0.2, 0.25) is 0 Å². The Hall–Kier alpha value is -2.48. The molecule has 0 aromatic carbocycles. The standard InChI is InChI=1S/C29H41NO7/c1-15-21(33)13-19-26(36-18(4)32)25-16(2)22(37-27(34)20-9-8-12-30-20)10-11-29(25,7)14-23(35-17(3)31)24(15)28(19,5)6/h19-20,22-23,25-26,30H,2,8-14H2,1,3-7H3/t19-,20-,22-,23-,25-,26+,29-/m0/s1. The maximum atomic E-state index is 13.3. The predicted octanol–water partition coefficient (Wildman–Crippen LogP) is 3.82. The number of hydrogen-bond donors (Lipinski definition) is 1. The van der Waals surface area contributed by atoms with Crippen molar-refractivity contribution in [2.75, 3.05) is 6.54 Å². The Labute approximate surface area is 219 Å². The highest BCUT2D eigenvalue weighted by atomic mass is 16.6. The van der Waals surface area contributed by atoms with Crippen LogP contribution in [-0.2, 0) is 33.4 Å². The largest absolute Gasteiger partial charge is 0.462 e. The van der Waals surface area contributed by atoms with Crippen molar-refractivity contribution < 1.29 is 33.4 Å². The third kappa shape index (κ3) is 5.01. The summed E-state index contributed by atoms with van der Waals surface area (Å²) < 4.78 is 18.0. The number of ketones is 1. The number of ether oxygens (including phenoxy) is 3. The topological polar surface area (TPSA) is 108 Å². The van der Waals surface area contributed by atoms with Gasteiger partial charge >= 0.3 is 17.9 Å². The molecule has 2 saturated carbocycles. The van der Waals surface area contributed by atoms with E-state index in [1.165, 1.54) is 13.8 Å². The second kappa shape index (κ2) is 10.0. The van der Waals surface area contributed by atoms with Gasteiger partial charge in [-0.25, -0.2) is 0 Å². The van der Waals surface area contributed by atoms with Gasteiger partial charge in [0.1, 0.15) is 24.4 Å². The van der Waals surface area contributed by atoms with Gasteiger partial charge in [0, 0.05) is 32.1 Å². The van der Waals surface area contributed by atoms with E-state index < -0.39 is 41.1 Å². The van der Waals surface area contributed by atoms with Gasteiger partial charge in [-0.15, -0.1) is 0 Å². The number of carbonyl (C=O) groups is 4. The highest BCUT2D eigenvalue weighted by Crippen LogP contribution is 2.59. The van der Waals surface area contributed by atoms with E-state index in [-0.39, 0.29) is 36.1 Å². The third-order valence-corrected chi connectivity index (χ3v) is 9.30. The van der Waals surface area contributed by atoms with E-state index in [1.807, 2.05) is 13.8 Å². The lowest BCUT2D eigenvalue weighted by Gasteiger charge is -2.57. The molecule has 3 fully saturated rings. The molecule has 1 N–H and O–H groups in total. The second-order valence-corrected chi connectivity index (χ2v) is 12.2. The molecule has 4 aliphatic rings. The summed E-state index contributed by atoms with van der Waals surface area (Å²) in [6.07, 6.45) is 1.84. The third-order valence-electron chi connectivity index (χ3n) is 9.30. The zero-order chi connectivity index (χ0) is 27.3. The lowest BCUT2D eigenvalue weighted by atomic mass is 9.50. The highest BCUT2D eigenvalue weighted by Gasteiger charge is 2.59. The SMILES string of the molecule is C=C1[C@@H](OC(=O)[C@@H]2CCCN2)CC[C@@]2(C)C[C@H](OC(C)=O)C3=C(C)C(=O)C[C@@H]([C@@H](OC(C)=O)[C@H]12)C3(C)C. The molecule has 1 heterocycles. The molecule has 0 unspecified atom stereocenters. The van der Waals surface area contributed by atoms with Gasteiger partial charge in [-0.2, -0.15) is 0 Å². The van der Waals surface area contributed by atoms with E-state index in [1.54, 1.807) is 6.92 Å². The molecule has 0 radical (unpaired) electrons. The van der Waals surface area contributed by atoms with Gasteiger partial charge in [0.15, 0.2) is 5.78 Å². The summed E-state index contributed by atoms with van der Waals surface area (Å²) in [5.74, 6) is -1.88. The number of carbonyl (C=O) groups excluding carboxylic acids is 4. The molecule has 0 aromatic heterocycles. The van der Waals surface area contributed by atoms with Crippen LogP contribution in [0.15, 0.2) is 23.3 Å². The van der Waals surface area contributed by atoms with Crippen LogP contribution in [0.2, 0.25) is 0 Å². The van der Waals surface area contributed by atoms with Crippen LogP contribution >= 0.6 is 0 Å². The summed E-state index contributed by atoms with van der Waals surface area (Å²) in [6, 6.07) is -0.318. The van der Waals surface area contributed by atoms with E-state index in [0.717, 1.165) is 25.0 Å². The number of Topliss-reactive ketones (excluding diaryl/α,β-unsaturated/α-hetero) is 1. The minimum absolute atomic E-state index is 0.0334. The number of hydrogen-bond acceptors (Lipinski definition) is 8. The van der Waals surface area contributed by atoms with Crippen LogP contribution in [0.1, 0.15) is 80.1 Å². The molecular weight excluding hydrogens is 474 g/mol. The van der Waals surface area contributed by atoms with Crippen molar-refractivity contribution in [1.29, 1.82) is 0 Å². The van der Waals surface area contributed by atoms with Crippen LogP contribution in [0.4, 0.5) is 0 Å². The molecule has 4 rings (SSSR count). The Bertz CT molecular complexity index is 1040. The molecule has 7 atom stereocenters. The van der Waals surface area contributed by atoms with Gasteiger partial charge in [-0.3, -0.25) is 19.2 Å². The van der Waals surface area contributed by atoms with Crippen LogP contribution in [0.5, 0.6) is 0 Å². The van der Waals surface area contributed by atoms with Crippen LogP contribution in [0, 0.1) is 22.7 Å². The molecule has 204 valence electrons. The predicted molar refractivity (Wildman–Crippen MR) is 136 cm³/mol. The zero-order valence-electron chi connectivity index (χ0n) is 23.0. The van der Waals surface area contributed by atoms with Crippen molar-refractivity contribution in [1.82, 2.24) is 5.32 Å². The molecule has 1 aliphatic heterocycles. The number of allylic oxidation sites excluding steroid dienone is 1. The van der Waals surface area contributed by atoms with Crippen LogP contribution < -0.4 is 5.32 Å². The Morgan fingerprint density at radius 2 is 1.68 bits per heavy atom. The van der Waals surface area contributed by atoms with Crippen molar-refractivity contribution in [2.24, 2.45) is 22.7 Å². The first-order valence-electron chi connectivity index (χ1n) is 13.5. The Kier molecular flexibility index (Phi) is 7.45. The lowest BCUT2D eigenvalue weighted by Crippen LogP contribution is -2.58. The van der Waals surface area contributed by atoms with Gasteiger partial charge in [0.25, 0.3) is 0 Å². The summed E-state index contributed by atoms with van der Waals surface area (Å²) in [7, 11) is 0. The Morgan fingerprint density at radius 3 is 2.27 bits per heavy atom. The smallest absolute Gasteiger partial charge is 0.323 e. The number of rotatable bonds is 4. The molecule has 0 aromatic rings. The number of esters is 3. The minimum atomic E-state index is -0.638. The van der Waals surface area contributed by atoms with E-state index >= 15 is 0 Å². The quantitative estimate of drug-likeness (QED) is 0.342. The summed E-state index contributed by atoms with van der Waals surface area (Å²) in [6.45, 7) is 16.0. The van der Waals surface area contributed by atoms with Crippen LogP contribution in [0.25, 0.3) is 0 Å². The Morgan fingerprint density at radius 1 is 1.00 bits per heavy atom. The second-order valence-electron chi connectivity index (χ2n) is 12.2. The van der Waals surface area contributed by atoms with Gasteiger partial charge in [0.05, 0.1) is 0 Å². The minimum Gasteiger partial charge on any atom is -0.462 e. The maximum Gasteiger partial charge on any atom is 0.323 e. The molecule has 0 spiro atoms. The summed E-state index contributed by atoms with van der Waals surface area (Å²) in [5, 5.41) is 3.19. The Balaban J connectivity index is 1.79. The van der Waals surface area contributed by atoms with Crippen molar-refractivity contribution in [3.63, 3.8) is 0 Å². The molecule has 8 heteroatoms. The van der Waals surface area contributed by atoms with Gasteiger partial charge in [-0.05, 0) is 73.1 Å². The van der Waals surface area contributed by atoms with Crippen molar-refractivity contribution >= 4 is 23.7 Å². The first-order chi connectivity index (χ1) is 17.3. The van der Waals surface area contributed by atoms with Gasteiger partial charge in [-0.1, -0.05) is 27.4 Å². The van der Waals surface area contributed by atoms with Crippen molar-refractivity contribution in [2.45, 2.75) is 104 Å². The fourth-order valence-corrected chi connectivity index (χ4v) is 7.55. The first kappa shape index (κ1) is 27.6. The average Bonchev–Trinajstić information content (AvgIpc) is 3.31. The first-order valence-corrected chi connectivity index (χ1v) is 13.5. The van der Waals surface area contributed by atoms with E-state index in [2.05, 4.69) is 18.8 Å². The van der Waals surface area contributed by atoms with E-state index in [9.17, 15) is 19.2 Å². The van der Waals surface area contributed by atoms with Crippen LogP contribution in [-0.4, -0.2) is 54.6 Å². The summed E-state index contributed by atoms with van der Waals surface area (Å²) in [4.78, 5) is 50.8. The summed E-state index contributed by atoms with van der Waals surface area (Å²) >= 11 is 0. The normalized spacial score (nSPS) is 37.2. The fourth-order valence-electron chi connectivity index (χ4n) is 7.55. The van der Waals surface area contributed by atoms with E-state index in [4.69, 9.17) is 14.2 Å².